The molecule has 1 atom stereocenters. The molecule has 1 rings (SSSR count). The Kier molecular flexibility index (Phi) is 6.72. The van der Waals surface area contributed by atoms with Crippen LogP contribution in [-0.2, 0) is 4.74 Å². The Hall–Kier alpha value is -0.770. The molecular weight excluding hydrogens is 276 g/mol. The minimum atomic E-state index is -0.412. The topological polar surface area (TPSA) is 41.6 Å². The molecular formula is C18H36N2O2. The number of carbonyl (C=O) groups is 1. The van der Waals surface area contributed by atoms with Crippen molar-refractivity contribution in [3.8, 4) is 0 Å². The maximum atomic E-state index is 12.1. The molecule has 0 saturated carbocycles. The maximum absolute atomic E-state index is 12.1. The highest BCUT2D eigenvalue weighted by Gasteiger charge is 2.33. The number of hydrogen-bond acceptors (Lipinski definition) is 3. The summed E-state index contributed by atoms with van der Waals surface area (Å²) < 4.78 is 5.46. The predicted octanol–water partition coefficient (Wildman–Crippen LogP) is 4.05. The van der Waals surface area contributed by atoms with Crippen molar-refractivity contribution in [1.29, 1.82) is 0 Å². The van der Waals surface area contributed by atoms with Gasteiger partial charge >= 0.3 is 6.09 Å². The Bertz CT molecular complexity index is 353. The number of rotatable bonds is 5. The van der Waals surface area contributed by atoms with Gasteiger partial charge in [0.2, 0.25) is 0 Å². The van der Waals surface area contributed by atoms with Crippen molar-refractivity contribution in [2.45, 2.75) is 79.4 Å². The summed E-state index contributed by atoms with van der Waals surface area (Å²) in [6, 6.07) is 0.584. The van der Waals surface area contributed by atoms with E-state index in [1.165, 1.54) is 0 Å². The van der Waals surface area contributed by atoms with Crippen LogP contribution < -0.4 is 5.32 Å². The highest BCUT2D eigenvalue weighted by atomic mass is 16.6. The van der Waals surface area contributed by atoms with Gasteiger partial charge in [-0.3, -0.25) is 0 Å². The molecule has 0 spiro atoms. The van der Waals surface area contributed by atoms with Crippen LogP contribution in [0.2, 0.25) is 0 Å². The van der Waals surface area contributed by atoms with E-state index in [0.29, 0.717) is 12.0 Å². The van der Waals surface area contributed by atoms with Crippen molar-refractivity contribution in [2.75, 3.05) is 19.6 Å². The van der Waals surface area contributed by atoms with E-state index in [9.17, 15) is 4.79 Å². The van der Waals surface area contributed by atoms with Crippen LogP contribution in [-0.4, -0.2) is 42.3 Å². The van der Waals surface area contributed by atoms with Crippen molar-refractivity contribution in [1.82, 2.24) is 10.2 Å². The summed E-state index contributed by atoms with van der Waals surface area (Å²) in [5.41, 5.74) is -0.133. The summed E-state index contributed by atoms with van der Waals surface area (Å²) in [4.78, 5) is 14.0. The molecule has 1 heterocycles. The van der Waals surface area contributed by atoms with Crippen LogP contribution in [0.4, 0.5) is 4.79 Å². The fourth-order valence-corrected chi connectivity index (χ4v) is 2.96. The van der Waals surface area contributed by atoms with E-state index >= 15 is 0 Å². The molecule has 0 bridgehead atoms. The van der Waals surface area contributed by atoms with Crippen molar-refractivity contribution in [3.05, 3.63) is 0 Å². The normalized spacial score (nSPS) is 20.1. The van der Waals surface area contributed by atoms with E-state index in [0.717, 1.165) is 38.9 Å². The first kappa shape index (κ1) is 19.3. The van der Waals surface area contributed by atoms with E-state index < -0.39 is 5.60 Å². The highest BCUT2D eigenvalue weighted by Crippen LogP contribution is 2.31. The molecule has 1 unspecified atom stereocenters. The van der Waals surface area contributed by atoms with Gasteiger partial charge in [-0.2, -0.15) is 0 Å². The van der Waals surface area contributed by atoms with Crippen molar-refractivity contribution < 1.29 is 9.53 Å². The lowest BCUT2D eigenvalue weighted by Gasteiger charge is -2.40. The summed E-state index contributed by atoms with van der Waals surface area (Å²) in [7, 11) is 0. The van der Waals surface area contributed by atoms with Gasteiger partial charge in [0, 0.05) is 25.7 Å². The molecule has 4 heteroatoms. The number of piperidine rings is 1. The molecule has 1 saturated heterocycles. The average Bonchev–Trinajstić information content (AvgIpc) is 2.37. The first-order valence-corrected chi connectivity index (χ1v) is 8.77. The second-order valence-electron chi connectivity index (χ2n) is 8.42. The summed E-state index contributed by atoms with van der Waals surface area (Å²) in [5, 5.41) is 3.73. The van der Waals surface area contributed by atoms with Crippen molar-refractivity contribution >= 4 is 6.09 Å². The molecule has 0 aromatic carbocycles. The van der Waals surface area contributed by atoms with E-state index in [1.54, 1.807) is 0 Å². The van der Waals surface area contributed by atoms with Crippen LogP contribution in [0, 0.1) is 11.3 Å². The second kappa shape index (κ2) is 7.67. The molecule has 0 aromatic heterocycles. The van der Waals surface area contributed by atoms with Gasteiger partial charge < -0.3 is 15.0 Å². The number of ether oxygens (including phenoxy) is 1. The van der Waals surface area contributed by atoms with Crippen LogP contribution in [0.15, 0.2) is 0 Å². The third kappa shape index (κ3) is 6.15. The van der Waals surface area contributed by atoms with Crippen LogP contribution in [0.5, 0.6) is 0 Å². The van der Waals surface area contributed by atoms with E-state index in [2.05, 4.69) is 33.0 Å². The van der Waals surface area contributed by atoms with Gasteiger partial charge in [-0.25, -0.2) is 4.79 Å². The molecule has 1 amide bonds. The first-order chi connectivity index (χ1) is 10.1. The quantitative estimate of drug-likeness (QED) is 0.832. The largest absolute Gasteiger partial charge is 0.444 e. The van der Waals surface area contributed by atoms with Gasteiger partial charge in [0.05, 0.1) is 0 Å². The summed E-state index contributed by atoms with van der Waals surface area (Å²) in [6.07, 6.45) is 3.07. The maximum Gasteiger partial charge on any atom is 0.410 e. The van der Waals surface area contributed by atoms with E-state index in [1.807, 2.05) is 25.7 Å². The third-order valence-electron chi connectivity index (χ3n) is 4.66. The van der Waals surface area contributed by atoms with Crippen molar-refractivity contribution in [3.63, 3.8) is 0 Å². The Morgan fingerprint density at radius 2 is 1.82 bits per heavy atom. The number of likely N-dealkylation sites (tertiary alicyclic amines) is 1. The fourth-order valence-electron chi connectivity index (χ4n) is 2.96. The van der Waals surface area contributed by atoms with E-state index in [4.69, 9.17) is 4.74 Å². The second-order valence-corrected chi connectivity index (χ2v) is 8.42. The highest BCUT2D eigenvalue weighted by molar-refractivity contribution is 5.68. The third-order valence-corrected chi connectivity index (χ3v) is 4.66. The van der Waals surface area contributed by atoms with Gasteiger partial charge in [0.15, 0.2) is 0 Å². The lowest BCUT2D eigenvalue weighted by atomic mass is 9.80. The molecule has 130 valence electrons. The predicted molar refractivity (Wildman–Crippen MR) is 92.1 cm³/mol. The Labute approximate surface area is 137 Å². The van der Waals surface area contributed by atoms with Gasteiger partial charge in [0.1, 0.15) is 5.60 Å². The molecule has 1 aliphatic rings. The molecule has 1 N–H and O–H groups in total. The smallest absolute Gasteiger partial charge is 0.410 e. The number of amides is 1. The van der Waals surface area contributed by atoms with Gasteiger partial charge in [-0.15, -0.1) is 0 Å². The van der Waals surface area contributed by atoms with Crippen LogP contribution in [0.3, 0.4) is 0 Å². The minimum Gasteiger partial charge on any atom is -0.444 e. The summed E-state index contributed by atoms with van der Waals surface area (Å²) in [5.74, 6) is 0.662. The van der Waals surface area contributed by atoms with Crippen molar-refractivity contribution in [2.24, 2.45) is 11.3 Å². The lowest BCUT2D eigenvalue weighted by molar-refractivity contribution is 0.0116. The number of nitrogens with zero attached hydrogens (tertiary/aromatic N) is 1. The summed E-state index contributed by atoms with van der Waals surface area (Å²) in [6.45, 7) is 17.5. The molecule has 1 fully saturated rings. The molecule has 1 aliphatic heterocycles. The number of carbonyl (C=O) groups excluding carboxylic acids is 1. The molecule has 0 radical (unpaired) electrons. The monoisotopic (exact) mass is 312 g/mol. The minimum absolute atomic E-state index is 0.170. The summed E-state index contributed by atoms with van der Waals surface area (Å²) >= 11 is 0. The number of nitrogens with one attached hydrogen (secondary N) is 1. The zero-order valence-corrected chi connectivity index (χ0v) is 15.7. The van der Waals surface area contributed by atoms with Gasteiger partial charge in [-0.1, -0.05) is 27.7 Å². The van der Waals surface area contributed by atoms with E-state index in [-0.39, 0.29) is 11.5 Å². The van der Waals surface area contributed by atoms with Crippen LogP contribution >= 0.6 is 0 Å². The SMILES string of the molecule is CCC(NCC1(C)CCN(C(=O)OC(C)(C)C)CC1)C(C)C. The Morgan fingerprint density at radius 1 is 1.27 bits per heavy atom. The molecule has 22 heavy (non-hydrogen) atoms. The standard InChI is InChI=1S/C18H36N2O2/c1-8-15(14(2)3)19-13-18(7)9-11-20(12-10-18)16(21)22-17(4,5)6/h14-15,19H,8-13H2,1-7H3. The van der Waals surface area contributed by atoms with Crippen LogP contribution in [0.25, 0.3) is 0 Å². The Balaban J connectivity index is 2.44. The first-order valence-electron chi connectivity index (χ1n) is 8.77. The Morgan fingerprint density at radius 3 is 2.23 bits per heavy atom. The molecule has 0 aromatic rings. The fraction of sp³-hybridized carbons (Fsp3) is 0.944. The average molecular weight is 312 g/mol. The molecule has 4 nitrogen and oxygen atoms in total. The molecule has 0 aliphatic carbocycles. The van der Waals surface area contributed by atoms with Gasteiger partial charge in [-0.05, 0) is 51.4 Å². The zero-order chi connectivity index (χ0) is 17.0. The van der Waals surface area contributed by atoms with Crippen LogP contribution in [0.1, 0.15) is 67.7 Å². The van der Waals surface area contributed by atoms with Gasteiger partial charge in [0.25, 0.3) is 0 Å². The number of hydrogen-bond donors (Lipinski definition) is 1. The zero-order valence-electron chi connectivity index (χ0n) is 15.7. The lowest BCUT2D eigenvalue weighted by Crippen LogP contribution is -2.48.